The molecule has 1 aliphatic carbocycles. The lowest BCUT2D eigenvalue weighted by molar-refractivity contribution is -0.188. The zero-order chi connectivity index (χ0) is 23.1. The van der Waals surface area contributed by atoms with Crippen LogP contribution >= 0.6 is 0 Å². The van der Waals surface area contributed by atoms with Gasteiger partial charge >= 0.3 is 23.9 Å². The fourth-order valence-corrected chi connectivity index (χ4v) is 4.17. The van der Waals surface area contributed by atoms with Crippen LogP contribution in [-0.4, -0.2) is 34.1 Å². The van der Waals surface area contributed by atoms with Crippen molar-refractivity contribution in [2.75, 3.05) is 0 Å². The number of hydrogen-bond donors (Lipinski definition) is 2. The first-order valence-corrected chi connectivity index (χ1v) is 10.2. The van der Waals surface area contributed by atoms with E-state index in [1.54, 1.807) is 48.5 Å². The first-order chi connectivity index (χ1) is 15.4. The minimum Gasteiger partial charge on any atom is -0.481 e. The molecule has 4 atom stereocenters. The van der Waals surface area contributed by atoms with Crippen molar-refractivity contribution in [3.8, 4) is 0 Å². The van der Waals surface area contributed by atoms with Crippen molar-refractivity contribution in [1.82, 2.24) is 0 Å². The quantitative estimate of drug-likeness (QED) is 0.540. The molecule has 32 heavy (non-hydrogen) atoms. The van der Waals surface area contributed by atoms with E-state index in [9.17, 15) is 29.4 Å². The van der Waals surface area contributed by atoms with Crippen LogP contribution in [0.3, 0.4) is 0 Å². The largest absolute Gasteiger partial charge is 0.481 e. The van der Waals surface area contributed by atoms with Crippen LogP contribution < -0.4 is 0 Å². The first kappa shape index (κ1) is 23.0. The highest BCUT2D eigenvalue weighted by Crippen LogP contribution is 2.51. The molecular weight excluding hydrogens is 416 g/mol. The summed E-state index contributed by atoms with van der Waals surface area (Å²) in [6, 6.07) is 17.8. The molecule has 1 fully saturated rings. The van der Waals surface area contributed by atoms with Gasteiger partial charge in [0.25, 0.3) is 0 Å². The highest BCUT2D eigenvalue weighted by atomic mass is 16.5. The molecule has 0 amide bonds. The topological polar surface area (TPSA) is 127 Å². The maximum absolute atomic E-state index is 12.8. The molecule has 0 saturated heterocycles. The van der Waals surface area contributed by atoms with Crippen molar-refractivity contribution in [2.45, 2.75) is 26.1 Å². The lowest BCUT2D eigenvalue weighted by Gasteiger charge is -2.48. The van der Waals surface area contributed by atoms with Crippen molar-refractivity contribution in [2.24, 2.45) is 23.7 Å². The second-order valence-electron chi connectivity index (χ2n) is 7.76. The summed E-state index contributed by atoms with van der Waals surface area (Å²) in [4.78, 5) is 48.4. The van der Waals surface area contributed by atoms with Gasteiger partial charge in [-0.2, -0.15) is 0 Å². The Hall–Kier alpha value is -3.68. The second kappa shape index (κ2) is 10.6. The predicted octanol–water partition coefficient (Wildman–Crippen LogP) is 2.90. The van der Waals surface area contributed by atoms with Crippen molar-refractivity contribution in [3.05, 3.63) is 71.8 Å². The molecule has 1 aliphatic rings. The first-order valence-electron chi connectivity index (χ1n) is 10.2. The van der Waals surface area contributed by atoms with Crippen LogP contribution in [0.2, 0.25) is 0 Å². The van der Waals surface area contributed by atoms with Gasteiger partial charge < -0.3 is 19.7 Å². The molecule has 0 radical (unpaired) electrons. The molecule has 2 N–H and O–H groups in total. The Labute approximate surface area is 184 Å². The summed E-state index contributed by atoms with van der Waals surface area (Å²) in [5.41, 5.74) is 1.47. The Morgan fingerprint density at radius 3 is 1.28 bits per heavy atom. The predicted molar refractivity (Wildman–Crippen MR) is 111 cm³/mol. The molecule has 0 bridgehead atoms. The Balaban J connectivity index is 1.76. The third kappa shape index (κ3) is 5.72. The van der Waals surface area contributed by atoms with Gasteiger partial charge in [-0.15, -0.1) is 0 Å². The molecule has 2 aromatic rings. The zero-order valence-electron chi connectivity index (χ0n) is 17.3. The van der Waals surface area contributed by atoms with E-state index < -0.39 is 60.4 Å². The molecule has 3 rings (SSSR count). The van der Waals surface area contributed by atoms with E-state index in [2.05, 4.69) is 0 Å². The summed E-state index contributed by atoms with van der Waals surface area (Å²) in [5.74, 6) is -7.65. The molecular formula is C24H24O8. The van der Waals surface area contributed by atoms with Crippen molar-refractivity contribution in [1.29, 1.82) is 0 Å². The van der Waals surface area contributed by atoms with Gasteiger partial charge in [-0.3, -0.25) is 19.2 Å². The van der Waals surface area contributed by atoms with Crippen LogP contribution in [0.25, 0.3) is 0 Å². The minimum absolute atomic E-state index is 0.0364. The molecule has 0 aliphatic heterocycles. The van der Waals surface area contributed by atoms with Gasteiger partial charge in [0.05, 0.1) is 11.8 Å². The van der Waals surface area contributed by atoms with Gasteiger partial charge in [-0.25, -0.2) is 0 Å². The van der Waals surface area contributed by atoms with Crippen molar-refractivity contribution >= 4 is 23.9 Å². The van der Waals surface area contributed by atoms with Crippen LogP contribution in [0.15, 0.2) is 60.7 Å². The highest BCUT2D eigenvalue weighted by molar-refractivity contribution is 5.86. The normalized spacial score (nSPS) is 21.8. The summed E-state index contributed by atoms with van der Waals surface area (Å²) in [6.45, 7) is -0.0727. The summed E-state index contributed by atoms with van der Waals surface area (Å²) in [6.07, 6.45) is -0.878. The Morgan fingerprint density at radius 1 is 0.625 bits per heavy atom. The van der Waals surface area contributed by atoms with Crippen LogP contribution in [0.5, 0.6) is 0 Å². The van der Waals surface area contributed by atoms with Gasteiger partial charge in [-0.05, 0) is 23.0 Å². The van der Waals surface area contributed by atoms with Crippen LogP contribution in [0.4, 0.5) is 0 Å². The van der Waals surface area contributed by atoms with Crippen LogP contribution in [0, 0.1) is 23.7 Å². The average molecular weight is 440 g/mol. The standard InChI is InChI=1S/C24H24O8/c25-19(26)11-17-18(12-20(27)28)22(24(30)32-14-16-9-5-2-6-10-16)21(17)23(29)31-13-15-7-3-1-4-8-15/h1-10,17-18,21-22H,11-14H2,(H,25,26)(H,27,28). The number of carboxylic acids is 2. The SMILES string of the molecule is O=C(O)CC1C(CC(=O)O)C(C(=O)OCc2ccccc2)C1C(=O)OCc1ccccc1. The molecule has 168 valence electrons. The summed E-state index contributed by atoms with van der Waals surface area (Å²) in [5, 5.41) is 18.5. The van der Waals surface area contributed by atoms with E-state index in [4.69, 9.17) is 9.47 Å². The van der Waals surface area contributed by atoms with E-state index in [0.29, 0.717) is 0 Å². The minimum atomic E-state index is -1.18. The molecule has 4 unspecified atom stereocenters. The monoisotopic (exact) mass is 440 g/mol. The third-order valence-electron chi connectivity index (χ3n) is 5.67. The summed E-state index contributed by atoms with van der Waals surface area (Å²) < 4.78 is 10.7. The lowest BCUT2D eigenvalue weighted by atomic mass is 9.54. The number of benzene rings is 2. The molecule has 8 nitrogen and oxygen atoms in total. The third-order valence-corrected chi connectivity index (χ3v) is 5.67. The molecule has 0 heterocycles. The molecule has 2 aromatic carbocycles. The fraction of sp³-hybridized carbons (Fsp3) is 0.333. The van der Waals surface area contributed by atoms with Crippen LogP contribution in [-0.2, 0) is 41.9 Å². The Kier molecular flexibility index (Phi) is 7.59. The van der Waals surface area contributed by atoms with E-state index in [0.717, 1.165) is 11.1 Å². The maximum atomic E-state index is 12.8. The number of carbonyl (C=O) groups is 4. The number of rotatable bonds is 10. The maximum Gasteiger partial charge on any atom is 0.310 e. The van der Waals surface area contributed by atoms with Gasteiger partial charge in [0.1, 0.15) is 13.2 Å². The van der Waals surface area contributed by atoms with Crippen LogP contribution in [0.1, 0.15) is 24.0 Å². The molecule has 8 heteroatoms. The van der Waals surface area contributed by atoms with E-state index in [-0.39, 0.29) is 13.2 Å². The lowest BCUT2D eigenvalue weighted by Crippen LogP contribution is -2.56. The second-order valence-corrected chi connectivity index (χ2v) is 7.76. The van der Waals surface area contributed by atoms with E-state index in [1.165, 1.54) is 0 Å². The summed E-state index contributed by atoms with van der Waals surface area (Å²) >= 11 is 0. The fourth-order valence-electron chi connectivity index (χ4n) is 4.17. The number of hydrogen-bond acceptors (Lipinski definition) is 6. The van der Waals surface area contributed by atoms with Crippen molar-refractivity contribution < 1.29 is 38.9 Å². The number of carboxylic acid groups (broad SMARTS) is 2. The molecule has 0 spiro atoms. The van der Waals surface area contributed by atoms with Gasteiger partial charge in [0.15, 0.2) is 0 Å². The van der Waals surface area contributed by atoms with Gasteiger partial charge in [-0.1, -0.05) is 60.7 Å². The number of esters is 2. The number of carbonyl (C=O) groups excluding carboxylic acids is 2. The summed E-state index contributed by atoms with van der Waals surface area (Å²) in [7, 11) is 0. The van der Waals surface area contributed by atoms with E-state index in [1.807, 2.05) is 12.1 Å². The Morgan fingerprint density at radius 2 is 0.969 bits per heavy atom. The van der Waals surface area contributed by atoms with Crippen molar-refractivity contribution in [3.63, 3.8) is 0 Å². The smallest absolute Gasteiger partial charge is 0.310 e. The Bertz CT molecular complexity index is 877. The molecule has 0 aromatic heterocycles. The average Bonchev–Trinajstić information content (AvgIpc) is 2.77. The number of aliphatic carboxylic acids is 2. The number of ether oxygens (including phenoxy) is 2. The highest BCUT2D eigenvalue weighted by Gasteiger charge is 2.59. The van der Waals surface area contributed by atoms with Gasteiger partial charge in [0, 0.05) is 12.8 Å². The zero-order valence-corrected chi connectivity index (χ0v) is 17.3. The van der Waals surface area contributed by atoms with E-state index >= 15 is 0 Å². The van der Waals surface area contributed by atoms with Gasteiger partial charge in [0.2, 0.25) is 0 Å². The molecule has 1 saturated carbocycles.